The summed E-state index contributed by atoms with van der Waals surface area (Å²) in [6.07, 6.45) is -0.213. The summed E-state index contributed by atoms with van der Waals surface area (Å²) in [5.41, 5.74) is -0.608. The van der Waals surface area contributed by atoms with Gasteiger partial charge in [-0.2, -0.15) is 0 Å². The van der Waals surface area contributed by atoms with Crippen LogP contribution >= 0.6 is 0 Å². The van der Waals surface area contributed by atoms with Crippen LogP contribution in [0.2, 0.25) is 0 Å². The van der Waals surface area contributed by atoms with Gasteiger partial charge in [0.25, 0.3) is 0 Å². The molecule has 6 nitrogen and oxygen atoms in total. The van der Waals surface area contributed by atoms with E-state index in [0.717, 1.165) is 10.5 Å². The van der Waals surface area contributed by atoms with Crippen molar-refractivity contribution < 1.29 is 24.5 Å². The minimum absolute atomic E-state index is 0.0436. The van der Waals surface area contributed by atoms with E-state index < -0.39 is 17.6 Å². The lowest BCUT2D eigenvalue weighted by Gasteiger charge is -2.37. The van der Waals surface area contributed by atoms with Crippen LogP contribution in [0.5, 0.6) is 5.75 Å². The van der Waals surface area contributed by atoms with Gasteiger partial charge in [-0.3, -0.25) is 9.69 Å². The second kappa shape index (κ2) is 9.24. The zero-order valence-electron chi connectivity index (χ0n) is 16.6. The maximum atomic E-state index is 13.1. The number of carbonyl (C=O) groups excluding carboxylic acids is 2. The summed E-state index contributed by atoms with van der Waals surface area (Å²) >= 11 is 0. The SMILES string of the molecule is CC(=O)N(c1ccccc1)C(O)(Cc1ccc(O)cc1)C(=O)OCc1ccccc1. The quantitative estimate of drug-likeness (QED) is 0.465. The lowest BCUT2D eigenvalue weighted by atomic mass is 9.99. The first-order valence-corrected chi connectivity index (χ1v) is 9.47. The highest BCUT2D eigenvalue weighted by Gasteiger charge is 2.46. The van der Waals surface area contributed by atoms with E-state index in [-0.39, 0.29) is 18.8 Å². The van der Waals surface area contributed by atoms with Crippen LogP contribution < -0.4 is 4.90 Å². The van der Waals surface area contributed by atoms with Crippen molar-refractivity contribution in [1.82, 2.24) is 0 Å². The standard InChI is InChI=1S/C24H23NO5/c1-18(26)25(21-10-6-3-7-11-21)24(29,16-19-12-14-22(27)15-13-19)23(28)30-17-20-8-4-2-5-9-20/h2-15,27,29H,16-17H2,1H3. The molecule has 0 aliphatic rings. The summed E-state index contributed by atoms with van der Waals surface area (Å²) in [5.74, 6) is -1.40. The maximum Gasteiger partial charge on any atom is 0.360 e. The number of hydrogen-bond acceptors (Lipinski definition) is 5. The molecule has 2 N–H and O–H groups in total. The van der Waals surface area contributed by atoms with Gasteiger partial charge in [-0.15, -0.1) is 0 Å². The molecule has 0 aliphatic carbocycles. The number of hydrogen-bond donors (Lipinski definition) is 2. The predicted octanol–water partition coefficient (Wildman–Crippen LogP) is 3.42. The van der Waals surface area contributed by atoms with Crippen LogP contribution in [-0.4, -0.2) is 27.8 Å². The van der Waals surface area contributed by atoms with Gasteiger partial charge in [-0.05, 0) is 35.4 Å². The van der Waals surface area contributed by atoms with E-state index in [9.17, 15) is 19.8 Å². The number of anilines is 1. The molecule has 3 aromatic rings. The second-order valence-corrected chi connectivity index (χ2v) is 6.91. The third kappa shape index (κ3) is 4.85. The van der Waals surface area contributed by atoms with Gasteiger partial charge in [0.2, 0.25) is 11.6 Å². The molecule has 154 valence electrons. The van der Waals surface area contributed by atoms with E-state index in [1.807, 2.05) is 18.2 Å². The van der Waals surface area contributed by atoms with Gasteiger partial charge >= 0.3 is 5.97 Å². The Labute approximate surface area is 175 Å². The first-order chi connectivity index (χ1) is 14.4. The van der Waals surface area contributed by atoms with E-state index in [0.29, 0.717) is 11.3 Å². The van der Waals surface area contributed by atoms with Gasteiger partial charge in [0.05, 0.1) is 0 Å². The van der Waals surface area contributed by atoms with E-state index in [4.69, 9.17) is 4.74 Å². The molecule has 0 spiro atoms. The zero-order chi connectivity index (χ0) is 21.6. The summed E-state index contributed by atoms with van der Waals surface area (Å²) in [7, 11) is 0. The van der Waals surface area contributed by atoms with Crippen molar-refractivity contribution in [2.45, 2.75) is 25.7 Å². The Balaban J connectivity index is 1.96. The van der Waals surface area contributed by atoms with E-state index in [1.165, 1.54) is 19.1 Å². The molecular weight excluding hydrogens is 382 g/mol. The van der Waals surface area contributed by atoms with Gasteiger partial charge < -0.3 is 14.9 Å². The Kier molecular flexibility index (Phi) is 6.49. The molecule has 3 rings (SSSR count). The van der Waals surface area contributed by atoms with Crippen molar-refractivity contribution in [2.24, 2.45) is 0 Å². The van der Waals surface area contributed by atoms with E-state index >= 15 is 0 Å². The van der Waals surface area contributed by atoms with Crippen LogP contribution in [0, 0.1) is 0 Å². The number of ether oxygens (including phenoxy) is 1. The Morgan fingerprint density at radius 1 is 0.867 bits per heavy atom. The third-order valence-electron chi connectivity index (χ3n) is 4.63. The fourth-order valence-corrected chi connectivity index (χ4v) is 3.21. The molecule has 30 heavy (non-hydrogen) atoms. The number of phenols is 1. The van der Waals surface area contributed by atoms with Crippen LogP contribution in [0.4, 0.5) is 5.69 Å². The number of esters is 1. The van der Waals surface area contributed by atoms with Gasteiger partial charge in [-0.1, -0.05) is 60.7 Å². The zero-order valence-corrected chi connectivity index (χ0v) is 16.6. The molecule has 1 atom stereocenters. The first-order valence-electron chi connectivity index (χ1n) is 9.47. The number of nitrogens with zero attached hydrogens (tertiary/aromatic N) is 1. The molecule has 0 radical (unpaired) electrons. The van der Waals surface area contributed by atoms with Crippen molar-refractivity contribution in [3.63, 3.8) is 0 Å². The van der Waals surface area contributed by atoms with Crippen molar-refractivity contribution in [3.05, 3.63) is 96.1 Å². The van der Waals surface area contributed by atoms with Crippen LogP contribution in [0.15, 0.2) is 84.9 Å². The van der Waals surface area contributed by atoms with E-state index in [1.54, 1.807) is 54.6 Å². The molecule has 3 aromatic carbocycles. The Morgan fingerprint density at radius 2 is 1.43 bits per heavy atom. The molecule has 0 bridgehead atoms. The average molecular weight is 405 g/mol. The number of aliphatic hydroxyl groups is 1. The van der Waals surface area contributed by atoms with Crippen LogP contribution in [0.3, 0.4) is 0 Å². The van der Waals surface area contributed by atoms with Gasteiger partial charge in [0, 0.05) is 19.0 Å². The smallest absolute Gasteiger partial charge is 0.360 e. The molecule has 0 fully saturated rings. The highest BCUT2D eigenvalue weighted by atomic mass is 16.6. The topological polar surface area (TPSA) is 87.1 Å². The molecular formula is C24H23NO5. The first kappa shape index (κ1) is 21.1. The van der Waals surface area contributed by atoms with Crippen molar-refractivity contribution >= 4 is 17.6 Å². The predicted molar refractivity (Wildman–Crippen MR) is 113 cm³/mol. The van der Waals surface area contributed by atoms with Crippen molar-refractivity contribution in [2.75, 3.05) is 4.90 Å². The summed E-state index contributed by atoms with van der Waals surface area (Å²) in [6.45, 7) is 1.23. The number of rotatable bonds is 7. The molecule has 0 saturated carbocycles. The van der Waals surface area contributed by atoms with Crippen LogP contribution in [-0.2, 0) is 27.4 Å². The second-order valence-electron chi connectivity index (χ2n) is 6.91. The lowest BCUT2D eigenvalue weighted by Crippen LogP contribution is -2.59. The van der Waals surface area contributed by atoms with Crippen molar-refractivity contribution in [3.8, 4) is 5.75 Å². The highest BCUT2D eigenvalue weighted by Crippen LogP contribution is 2.28. The minimum atomic E-state index is -2.28. The Bertz CT molecular complexity index is 989. The summed E-state index contributed by atoms with van der Waals surface area (Å²) in [5, 5.41) is 21.1. The lowest BCUT2D eigenvalue weighted by molar-refractivity contribution is -0.168. The molecule has 1 unspecified atom stereocenters. The van der Waals surface area contributed by atoms with Crippen LogP contribution in [0.1, 0.15) is 18.1 Å². The number of benzene rings is 3. The summed E-state index contributed by atoms with van der Waals surface area (Å²) in [4.78, 5) is 26.7. The maximum absolute atomic E-state index is 13.1. The summed E-state index contributed by atoms with van der Waals surface area (Å²) < 4.78 is 5.41. The minimum Gasteiger partial charge on any atom is -0.508 e. The molecule has 0 heterocycles. The third-order valence-corrected chi connectivity index (χ3v) is 4.63. The number of carbonyl (C=O) groups is 2. The fourth-order valence-electron chi connectivity index (χ4n) is 3.21. The molecule has 1 amide bonds. The average Bonchev–Trinajstić information content (AvgIpc) is 2.75. The van der Waals surface area contributed by atoms with Gasteiger partial charge in [0.15, 0.2) is 0 Å². The van der Waals surface area contributed by atoms with Crippen LogP contribution in [0.25, 0.3) is 0 Å². The Hall–Kier alpha value is -3.64. The summed E-state index contributed by atoms with van der Waals surface area (Å²) in [6, 6.07) is 23.6. The largest absolute Gasteiger partial charge is 0.508 e. The number of phenolic OH excluding ortho intramolecular Hbond substituents is 1. The number of para-hydroxylation sites is 1. The number of amides is 1. The van der Waals surface area contributed by atoms with Gasteiger partial charge in [-0.25, -0.2) is 4.79 Å². The van der Waals surface area contributed by atoms with Gasteiger partial charge in [0.1, 0.15) is 12.4 Å². The number of aromatic hydroxyl groups is 1. The Morgan fingerprint density at radius 3 is 2.00 bits per heavy atom. The normalized spacial score (nSPS) is 12.6. The molecule has 0 aromatic heterocycles. The highest BCUT2D eigenvalue weighted by molar-refractivity contribution is 6.00. The van der Waals surface area contributed by atoms with Crippen molar-refractivity contribution in [1.29, 1.82) is 0 Å². The monoisotopic (exact) mass is 405 g/mol. The molecule has 0 aliphatic heterocycles. The van der Waals surface area contributed by atoms with E-state index in [2.05, 4.69) is 0 Å². The fraction of sp³-hybridized carbons (Fsp3) is 0.167. The molecule has 0 saturated heterocycles. The molecule has 6 heteroatoms.